The summed E-state index contributed by atoms with van der Waals surface area (Å²) in [6.07, 6.45) is 0.376. The van der Waals surface area contributed by atoms with Gasteiger partial charge in [0.15, 0.2) is 0 Å². The van der Waals surface area contributed by atoms with Crippen LogP contribution in [-0.2, 0) is 38.1 Å². The third-order valence-corrected chi connectivity index (χ3v) is 3.71. The molecule has 4 atom stereocenters. The van der Waals surface area contributed by atoms with Crippen LogP contribution < -0.4 is 0 Å². The molecule has 0 heterocycles. The van der Waals surface area contributed by atoms with Crippen LogP contribution in [0.15, 0.2) is 0 Å². The lowest BCUT2D eigenvalue weighted by Crippen LogP contribution is -2.35. The second-order valence-corrected chi connectivity index (χ2v) is 4.71. The van der Waals surface area contributed by atoms with Gasteiger partial charge in [0.2, 0.25) is 0 Å². The summed E-state index contributed by atoms with van der Waals surface area (Å²) in [7, 11) is 2.42. The summed E-state index contributed by atoms with van der Waals surface area (Å²) >= 11 is 0. The highest BCUT2D eigenvalue weighted by atomic mass is 16.5. The molecule has 0 N–H and O–H groups in total. The third kappa shape index (κ3) is 3.93. The minimum absolute atomic E-state index is 0.0195. The molecule has 8 nitrogen and oxygen atoms in total. The van der Waals surface area contributed by atoms with Crippen molar-refractivity contribution in [3.8, 4) is 0 Å². The quantitative estimate of drug-likeness (QED) is 0.337. The summed E-state index contributed by atoms with van der Waals surface area (Å²) in [5, 5.41) is 0. The van der Waals surface area contributed by atoms with Gasteiger partial charge in [-0.1, -0.05) is 0 Å². The van der Waals surface area contributed by atoms with Gasteiger partial charge in [-0.05, 0) is 6.42 Å². The standard InChI is InChI=1S/C13H18O8/c1-18-12(16)10-8(4-20-6-14)3-9(5-21-7-15)11(10)13(17)19-2/h6-11H,3-5H2,1-2H3. The van der Waals surface area contributed by atoms with Gasteiger partial charge in [-0.2, -0.15) is 0 Å². The van der Waals surface area contributed by atoms with E-state index in [1.807, 2.05) is 0 Å². The first-order chi connectivity index (χ1) is 10.1. The summed E-state index contributed by atoms with van der Waals surface area (Å²) in [6, 6.07) is 0. The Balaban J connectivity index is 2.99. The van der Waals surface area contributed by atoms with Crippen molar-refractivity contribution < 1.29 is 38.1 Å². The smallest absolute Gasteiger partial charge is 0.309 e. The molecule has 0 aliphatic heterocycles. The fourth-order valence-corrected chi connectivity index (χ4v) is 2.89. The van der Waals surface area contributed by atoms with Crippen LogP contribution >= 0.6 is 0 Å². The molecule has 1 saturated carbocycles. The average Bonchev–Trinajstić information content (AvgIpc) is 2.87. The minimum Gasteiger partial charge on any atom is -0.469 e. The highest BCUT2D eigenvalue weighted by molar-refractivity contribution is 5.83. The zero-order valence-corrected chi connectivity index (χ0v) is 11.9. The van der Waals surface area contributed by atoms with Crippen LogP contribution in [0.5, 0.6) is 0 Å². The van der Waals surface area contributed by atoms with Crippen molar-refractivity contribution in [2.24, 2.45) is 23.7 Å². The van der Waals surface area contributed by atoms with Crippen LogP contribution in [0.2, 0.25) is 0 Å². The largest absolute Gasteiger partial charge is 0.469 e. The zero-order valence-electron chi connectivity index (χ0n) is 11.9. The van der Waals surface area contributed by atoms with Gasteiger partial charge in [-0.3, -0.25) is 19.2 Å². The number of hydrogen-bond donors (Lipinski definition) is 0. The molecule has 4 unspecified atom stereocenters. The van der Waals surface area contributed by atoms with Crippen LogP contribution in [0.4, 0.5) is 0 Å². The Morgan fingerprint density at radius 2 is 1.29 bits per heavy atom. The van der Waals surface area contributed by atoms with E-state index in [0.29, 0.717) is 6.42 Å². The first-order valence-corrected chi connectivity index (χ1v) is 6.36. The van der Waals surface area contributed by atoms with Gasteiger partial charge in [0.25, 0.3) is 12.9 Å². The topological polar surface area (TPSA) is 105 Å². The lowest BCUT2D eigenvalue weighted by molar-refractivity contribution is -0.160. The number of hydrogen-bond acceptors (Lipinski definition) is 8. The fourth-order valence-electron chi connectivity index (χ4n) is 2.89. The molecule has 0 bridgehead atoms. The molecule has 118 valence electrons. The first kappa shape index (κ1) is 16.9. The Hall–Kier alpha value is -2.12. The molecule has 1 aliphatic carbocycles. The van der Waals surface area contributed by atoms with Gasteiger partial charge in [-0.15, -0.1) is 0 Å². The second kappa shape index (κ2) is 8.23. The predicted octanol–water partition coefficient (Wildman–Crippen LogP) is -0.453. The molecule has 8 heteroatoms. The minimum atomic E-state index is -0.803. The van der Waals surface area contributed by atoms with Crippen molar-refractivity contribution in [2.75, 3.05) is 27.4 Å². The molecule has 0 aromatic heterocycles. The van der Waals surface area contributed by atoms with Gasteiger partial charge < -0.3 is 18.9 Å². The van der Waals surface area contributed by atoms with Gasteiger partial charge >= 0.3 is 11.9 Å². The second-order valence-electron chi connectivity index (χ2n) is 4.71. The SMILES string of the molecule is COC(=O)C1C(COC=O)CC(COC=O)C1C(=O)OC. The van der Waals surface area contributed by atoms with Crippen LogP contribution in [-0.4, -0.2) is 52.3 Å². The van der Waals surface area contributed by atoms with Crippen LogP contribution in [0.3, 0.4) is 0 Å². The predicted molar refractivity (Wildman–Crippen MR) is 66.6 cm³/mol. The summed E-state index contributed by atoms with van der Waals surface area (Å²) < 4.78 is 18.9. The fraction of sp³-hybridized carbons (Fsp3) is 0.692. The lowest BCUT2D eigenvalue weighted by Gasteiger charge is -2.22. The Morgan fingerprint density at radius 1 is 0.905 bits per heavy atom. The van der Waals surface area contributed by atoms with Gasteiger partial charge in [0.05, 0.1) is 39.3 Å². The number of methoxy groups -OCH3 is 2. The molecule has 0 aromatic rings. The normalized spacial score (nSPS) is 27.5. The molecule has 1 fully saturated rings. The van der Waals surface area contributed by atoms with E-state index in [1.165, 1.54) is 14.2 Å². The van der Waals surface area contributed by atoms with E-state index in [0.717, 1.165) is 0 Å². The molecule has 0 spiro atoms. The zero-order chi connectivity index (χ0) is 15.8. The average molecular weight is 302 g/mol. The number of ether oxygens (including phenoxy) is 4. The van der Waals surface area contributed by atoms with Crippen molar-refractivity contribution in [3.63, 3.8) is 0 Å². The summed E-state index contributed by atoms with van der Waals surface area (Å²) in [4.78, 5) is 44.6. The molecule has 0 amide bonds. The maximum absolute atomic E-state index is 12.0. The first-order valence-electron chi connectivity index (χ1n) is 6.36. The maximum atomic E-state index is 12.0. The van der Waals surface area contributed by atoms with Crippen molar-refractivity contribution in [1.29, 1.82) is 0 Å². The number of esters is 2. The molecule has 1 rings (SSSR count). The Bertz CT molecular complexity index is 358. The van der Waals surface area contributed by atoms with Crippen molar-refractivity contribution in [1.82, 2.24) is 0 Å². The van der Waals surface area contributed by atoms with Gasteiger partial charge in [0, 0.05) is 11.8 Å². The van der Waals surface area contributed by atoms with Crippen molar-refractivity contribution in [2.45, 2.75) is 6.42 Å². The van der Waals surface area contributed by atoms with Gasteiger partial charge in [0.1, 0.15) is 0 Å². The number of carbonyl (C=O) groups excluding carboxylic acids is 4. The van der Waals surface area contributed by atoms with E-state index < -0.39 is 35.6 Å². The van der Waals surface area contributed by atoms with E-state index in [9.17, 15) is 19.2 Å². The Labute approximate surface area is 121 Å². The third-order valence-electron chi connectivity index (χ3n) is 3.71. The molecule has 21 heavy (non-hydrogen) atoms. The highest BCUT2D eigenvalue weighted by Crippen LogP contribution is 2.43. The molecule has 0 radical (unpaired) electrons. The molecule has 1 aliphatic rings. The molecular weight excluding hydrogens is 284 g/mol. The molecular formula is C13H18O8. The summed E-state index contributed by atoms with van der Waals surface area (Å²) in [5.41, 5.74) is 0. The van der Waals surface area contributed by atoms with Gasteiger partial charge in [-0.25, -0.2) is 0 Å². The van der Waals surface area contributed by atoms with Crippen LogP contribution in [0.25, 0.3) is 0 Å². The Kier molecular flexibility index (Phi) is 6.64. The summed E-state index contributed by atoms with van der Waals surface area (Å²) in [6.45, 7) is 0.510. The van der Waals surface area contributed by atoms with E-state index in [1.54, 1.807) is 0 Å². The van der Waals surface area contributed by atoms with Crippen molar-refractivity contribution >= 4 is 24.9 Å². The lowest BCUT2D eigenvalue weighted by atomic mass is 9.87. The molecule has 0 saturated heterocycles. The van der Waals surface area contributed by atoms with E-state index in [4.69, 9.17) is 18.9 Å². The number of carbonyl (C=O) groups is 4. The highest BCUT2D eigenvalue weighted by Gasteiger charge is 2.52. The van der Waals surface area contributed by atoms with E-state index in [-0.39, 0.29) is 26.2 Å². The number of rotatable bonds is 8. The van der Waals surface area contributed by atoms with E-state index in [2.05, 4.69) is 0 Å². The van der Waals surface area contributed by atoms with E-state index >= 15 is 0 Å². The van der Waals surface area contributed by atoms with Crippen LogP contribution in [0.1, 0.15) is 6.42 Å². The molecule has 0 aromatic carbocycles. The monoisotopic (exact) mass is 302 g/mol. The maximum Gasteiger partial charge on any atom is 0.309 e. The Morgan fingerprint density at radius 3 is 1.57 bits per heavy atom. The van der Waals surface area contributed by atoms with Crippen LogP contribution in [0, 0.1) is 23.7 Å². The van der Waals surface area contributed by atoms with Crippen molar-refractivity contribution in [3.05, 3.63) is 0 Å². The summed E-state index contributed by atoms with van der Waals surface area (Å²) in [5.74, 6) is -3.57.